The van der Waals surface area contributed by atoms with Gasteiger partial charge in [0.2, 0.25) is 0 Å². The number of aromatic nitrogens is 2. The predicted molar refractivity (Wildman–Crippen MR) is 67.8 cm³/mol. The van der Waals surface area contributed by atoms with Crippen molar-refractivity contribution in [2.75, 3.05) is 0 Å². The van der Waals surface area contributed by atoms with E-state index in [0.717, 1.165) is 12.8 Å². The number of nitrogens with zero attached hydrogens (tertiary/aromatic N) is 1. The molecule has 17 heavy (non-hydrogen) atoms. The van der Waals surface area contributed by atoms with Crippen molar-refractivity contribution in [3.63, 3.8) is 0 Å². The van der Waals surface area contributed by atoms with Crippen LogP contribution in [0.15, 0.2) is 9.59 Å². The van der Waals surface area contributed by atoms with Crippen LogP contribution >= 0.6 is 11.6 Å². The van der Waals surface area contributed by atoms with Crippen LogP contribution in [-0.2, 0) is 6.42 Å². The lowest BCUT2D eigenvalue weighted by Gasteiger charge is -2.32. The first-order chi connectivity index (χ1) is 8.06. The highest BCUT2D eigenvalue weighted by Gasteiger charge is 2.27. The second-order valence-corrected chi connectivity index (χ2v) is 5.06. The minimum Gasteiger partial charge on any atom is -0.297 e. The summed E-state index contributed by atoms with van der Waals surface area (Å²) in [5, 5.41) is 0.180. The first kappa shape index (κ1) is 12.4. The monoisotopic (exact) mass is 256 g/mol. The summed E-state index contributed by atoms with van der Waals surface area (Å²) in [6.07, 6.45) is 3.91. The van der Waals surface area contributed by atoms with E-state index in [1.54, 1.807) is 0 Å². The highest BCUT2D eigenvalue weighted by atomic mass is 35.5. The summed E-state index contributed by atoms with van der Waals surface area (Å²) in [6.45, 7) is 3.80. The van der Waals surface area contributed by atoms with Crippen molar-refractivity contribution in [2.24, 2.45) is 5.92 Å². The third kappa shape index (κ3) is 2.06. The third-order valence-corrected chi connectivity index (χ3v) is 4.09. The molecule has 1 unspecified atom stereocenters. The zero-order valence-electron chi connectivity index (χ0n) is 10.1. The van der Waals surface area contributed by atoms with Gasteiger partial charge in [0.05, 0.1) is 5.56 Å². The molecule has 0 saturated heterocycles. The SMILES string of the molecule is CCc1c(Cl)[nH]c(=O)n(C(C)C2CCC2)c1=O. The maximum atomic E-state index is 12.2. The van der Waals surface area contributed by atoms with Gasteiger partial charge < -0.3 is 0 Å². The van der Waals surface area contributed by atoms with Gasteiger partial charge in [-0.25, -0.2) is 4.79 Å². The Balaban J connectivity index is 2.53. The summed E-state index contributed by atoms with van der Waals surface area (Å²) in [4.78, 5) is 26.6. The Morgan fingerprint density at radius 1 is 1.47 bits per heavy atom. The minimum atomic E-state index is -0.392. The smallest absolute Gasteiger partial charge is 0.297 e. The fourth-order valence-corrected chi connectivity index (χ4v) is 2.67. The van der Waals surface area contributed by atoms with Gasteiger partial charge in [-0.1, -0.05) is 24.9 Å². The summed E-state index contributed by atoms with van der Waals surface area (Å²) >= 11 is 5.87. The van der Waals surface area contributed by atoms with Crippen LogP contribution < -0.4 is 11.2 Å². The summed E-state index contributed by atoms with van der Waals surface area (Å²) in [5.41, 5.74) is -0.130. The molecule has 1 aromatic rings. The molecule has 0 aliphatic heterocycles. The van der Waals surface area contributed by atoms with Gasteiger partial charge in [0.25, 0.3) is 5.56 Å². The lowest BCUT2D eigenvalue weighted by Crippen LogP contribution is -2.42. The van der Waals surface area contributed by atoms with E-state index < -0.39 is 5.69 Å². The highest BCUT2D eigenvalue weighted by Crippen LogP contribution is 2.34. The molecule has 1 atom stereocenters. The molecule has 1 saturated carbocycles. The maximum absolute atomic E-state index is 12.2. The van der Waals surface area contributed by atoms with Crippen molar-refractivity contribution in [2.45, 2.75) is 45.6 Å². The van der Waals surface area contributed by atoms with Gasteiger partial charge >= 0.3 is 5.69 Å². The average Bonchev–Trinajstić information content (AvgIpc) is 2.14. The second kappa shape index (κ2) is 4.69. The normalized spacial score (nSPS) is 17.8. The van der Waals surface area contributed by atoms with Crippen molar-refractivity contribution in [3.05, 3.63) is 31.6 Å². The van der Waals surface area contributed by atoms with Crippen molar-refractivity contribution in [1.82, 2.24) is 9.55 Å². The van der Waals surface area contributed by atoms with Crippen molar-refractivity contribution in [3.8, 4) is 0 Å². The number of hydrogen-bond donors (Lipinski definition) is 1. The Morgan fingerprint density at radius 3 is 2.59 bits per heavy atom. The molecule has 0 bridgehead atoms. The first-order valence-electron chi connectivity index (χ1n) is 6.09. The van der Waals surface area contributed by atoms with Gasteiger partial charge in [-0.15, -0.1) is 0 Å². The van der Waals surface area contributed by atoms with Crippen molar-refractivity contribution < 1.29 is 0 Å². The Kier molecular flexibility index (Phi) is 3.43. The molecule has 0 amide bonds. The van der Waals surface area contributed by atoms with Crippen LogP contribution in [0.4, 0.5) is 0 Å². The zero-order valence-corrected chi connectivity index (χ0v) is 10.9. The quantitative estimate of drug-likeness (QED) is 0.843. The van der Waals surface area contributed by atoms with Gasteiger partial charge in [0.15, 0.2) is 0 Å². The van der Waals surface area contributed by atoms with Crippen molar-refractivity contribution >= 4 is 11.6 Å². The molecule has 0 spiro atoms. The molecule has 1 heterocycles. The zero-order chi connectivity index (χ0) is 12.6. The fourth-order valence-electron chi connectivity index (χ4n) is 2.37. The van der Waals surface area contributed by atoms with Gasteiger partial charge in [0.1, 0.15) is 5.15 Å². The molecule has 1 aliphatic carbocycles. The topological polar surface area (TPSA) is 54.9 Å². The van der Waals surface area contributed by atoms with Crippen LogP contribution in [0.1, 0.15) is 44.7 Å². The number of rotatable bonds is 3. The van der Waals surface area contributed by atoms with Gasteiger partial charge in [-0.05, 0) is 32.1 Å². The molecule has 94 valence electrons. The molecule has 5 heteroatoms. The molecule has 1 N–H and O–H groups in total. The lowest BCUT2D eigenvalue weighted by atomic mass is 9.80. The van der Waals surface area contributed by atoms with Crippen LogP contribution in [0.25, 0.3) is 0 Å². The largest absolute Gasteiger partial charge is 0.329 e. The van der Waals surface area contributed by atoms with E-state index in [0.29, 0.717) is 17.9 Å². The third-order valence-electron chi connectivity index (χ3n) is 3.77. The number of H-pyrrole nitrogens is 1. The minimum absolute atomic E-state index is 0.0393. The molecule has 2 rings (SSSR count). The number of nitrogens with one attached hydrogen (secondary N) is 1. The molecule has 1 aliphatic rings. The van der Waals surface area contributed by atoms with Gasteiger partial charge in [-0.3, -0.25) is 14.3 Å². The molecule has 1 fully saturated rings. The van der Waals surface area contributed by atoms with Crippen LogP contribution in [-0.4, -0.2) is 9.55 Å². The van der Waals surface area contributed by atoms with E-state index in [1.807, 2.05) is 13.8 Å². The van der Waals surface area contributed by atoms with Crippen LogP contribution in [0, 0.1) is 5.92 Å². The fraction of sp³-hybridized carbons (Fsp3) is 0.667. The molecular weight excluding hydrogens is 240 g/mol. The van der Waals surface area contributed by atoms with Crippen molar-refractivity contribution in [1.29, 1.82) is 0 Å². The van der Waals surface area contributed by atoms with E-state index in [2.05, 4.69) is 4.98 Å². The van der Waals surface area contributed by atoms with E-state index in [9.17, 15) is 9.59 Å². The Bertz CT molecular complexity index is 528. The Morgan fingerprint density at radius 2 is 2.12 bits per heavy atom. The van der Waals surface area contributed by atoms with Gasteiger partial charge in [0, 0.05) is 6.04 Å². The van der Waals surface area contributed by atoms with E-state index in [-0.39, 0.29) is 16.8 Å². The summed E-state index contributed by atoms with van der Waals surface area (Å²) in [7, 11) is 0. The van der Waals surface area contributed by atoms with E-state index in [4.69, 9.17) is 11.6 Å². The first-order valence-corrected chi connectivity index (χ1v) is 6.47. The van der Waals surface area contributed by atoms with Crippen LogP contribution in [0.5, 0.6) is 0 Å². The molecule has 0 radical (unpaired) electrons. The highest BCUT2D eigenvalue weighted by molar-refractivity contribution is 6.30. The Labute approximate surface area is 105 Å². The predicted octanol–water partition coefficient (Wildman–Crippen LogP) is 2.11. The summed E-state index contributed by atoms with van der Waals surface area (Å²) in [5.74, 6) is 0.444. The second-order valence-electron chi connectivity index (χ2n) is 4.68. The standard InChI is InChI=1S/C12H17ClN2O2/c1-3-9-10(13)14-12(17)15(11(9)16)7(2)8-5-4-6-8/h7-8H,3-6H2,1-2H3,(H,14,17). The van der Waals surface area contributed by atoms with Gasteiger partial charge in [-0.2, -0.15) is 0 Å². The number of halogens is 1. The van der Waals surface area contributed by atoms with Crippen LogP contribution in [0.2, 0.25) is 5.15 Å². The Hall–Kier alpha value is -1.03. The average molecular weight is 257 g/mol. The summed E-state index contributed by atoms with van der Waals surface area (Å²) < 4.78 is 1.33. The molecule has 4 nitrogen and oxygen atoms in total. The molecule has 1 aromatic heterocycles. The van der Waals surface area contributed by atoms with E-state index in [1.165, 1.54) is 11.0 Å². The van der Waals surface area contributed by atoms with E-state index >= 15 is 0 Å². The molecule has 0 aromatic carbocycles. The van der Waals surface area contributed by atoms with Crippen LogP contribution in [0.3, 0.4) is 0 Å². The number of hydrogen-bond acceptors (Lipinski definition) is 2. The summed E-state index contributed by atoms with van der Waals surface area (Å²) in [6, 6.07) is -0.0393. The maximum Gasteiger partial charge on any atom is 0.329 e. The number of aromatic amines is 1. The molecular formula is C12H17ClN2O2. The lowest BCUT2D eigenvalue weighted by molar-refractivity contribution is 0.214.